The molecule has 0 bridgehead atoms. The number of hydrogen-bond donors (Lipinski definition) is 1. The van der Waals surface area contributed by atoms with Gasteiger partial charge in [-0.3, -0.25) is 0 Å². The van der Waals surface area contributed by atoms with Crippen LogP contribution in [0.15, 0.2) is 140 Å². The lowest BCUT2D eigenvalue weighted by atomic mass is 9.87. The van der Waals surface area contributed by atoms with Crippen LogP contribution in [-0.4, -0.2) is 34.4 Å². The summed E-state index contributed by atoms with van der Waals surface area (Å²) in [6.07, 6.45) is -1.38. The maximum absolute atomic E-state index is 6.94. The fraction of sp³-hybridized carbons (Fsp3) is 0.238. The van der Waals surface area contributed by atoms with Gasteiger partial charge in [0, 0.05) is 11.9 Å². The highest BCUT2D eigenvalue weighted by atomic mass is 35.5. The molecule has 1 aliphatic heterocycles. The van der Waals surface area contributed by atoms with Crippen LogP contribution in [0.5, 0.6) is 0 Å². The Balaban J connectivity index is 1.21. The van der Waals surface area contributed by atoms with Crippen LogP contribution < -0.4 is 5.32 Å². The molecule has 4 atom stereocenters. The lowest BCUT2D eigenvalue weighted by Gasteiger charge is -2.36. The number of nitrogens with one attached hydrogen (secondary N) is 1. The molecule has 2 heterocycles. The van der Waals surface area contributed by atoms with E-state index >= 15 is 0 Å². The normalized spacial score (nSPS) is 20.2. The Morgan fingerprint density at radius 2 is 1.28 bits per heavy atom. The molecule has 1 unspecified atom stereocenters. The molecule has 1 saturated heterocycles. The molecule has 7 rings (SSSR count). The van der Waals surface area contributed by atoms with Crippen molar-refractivity contribution < 1.29 is 18.9 Å². The number of nitrogens with zero attached hydrogens (tertiary/aromatic N) is 2. The second kappa shape index (κ2) is 15.9. The van der Waals surface area contributed by atoms with E-state index in [9.17, 15) is 0 Å². The van der Waals surface area contributed by atoms with Gasteiger partial charge in [0.2, 0.25) is 5.28 Å². The Morgan fingerprint density at radius 1 is 0.700 bits per heavy atom. The summed E-state index contributed by atoms with van der Waals surface area (Å²) in [5, 5.41) is 4.47. The highest BCUT2D eigenvalue weighted by Gasteiger charge is 2.56. The van der Waals surface area contributed by atoms with Crippen LogP contribution >= 0.6 is 11.6 Å². The first-order valence-corrected chi connectivity index (χ1v) is 17.3. The van der Waals surface area contributed by atoms with Crippen LogP contribution in [0.3, 0.4) is 0 Å². The van der Waals surface area contributed by atoms with Gasteiger partial charge in [-0.05, 0) is 58.5 Å². The summed E-state index contributed by atoms with van der Waals surface area (Å²) in [5.41, 5.74) is 5.07. The quantitative estimate of drug-likeness (QED) is 0.115. The van der Waals surface area contributed by atoms with E-state index in [0.29, 0.717) is 44.3 Å². The Morgan fingerprint density at radius 3 is 1.92 bits per heavy atom. The van der Waals surface area contributed by atoms with Crippen molar-refractivity contribution >= 4 is 28.3 Å². The lowest BCUT2D eigenvalue weighted by Crippen LogP contribution is -2.47. The molecule has 1 N–H and O–H groups in total. The summed E-state index contributed by atoms with van der Waals surface area (Å²) in [6, 6.07) is 46.7. The number of fused-ring (bicyclic) bond motifs is 1. The van der Waals surface area contributed by atoms with E-state index in [0.717, 1.165) is 33.2 Å². The number of halogens is 1. The van der Waals surface area contributed by atoms with E-state index in [-0.39, 0.29) is 5.28 Å². The van der Waals surface area contributed by atoms with Crippen molar-refractivity contribution in [3.8, 4) is 0 Å². The minimum absolute atomic E-state index is 0.164. The summed E-state index contributed by atoms with van der Waals surface area (Å²) in [6.45, 7) is 4.25. The van der Waals surface area contributed by atoms with Gasteiger partial charge >= 0.3 is 0 Å². The molecule has 1 fully saturated rings. The van der Waals surface area contributed by atoms with Crippen molar-refractivity contribution in [1.29, 1.82) is 0 Å². The van der Waals surface area contributed by atoms with Gasteiger partial charge < -0.3 is 24.3 Å². The van der Waals surface area contributed by atoms with Crippen molar-refractivity contribution in [3.05, 3.63) is 173 Å². The van der Waals surface area contributed by atoms with Gasteiger partial charge in [0.1, 0.15) is 29.7 Å². The van der Waals surface area contributed by atoms with Crippen LogP contribution in [0, 0.1) is 0 Å². The first-order valence-electron chi connectivity index (χ1n) is 16.9. The van der Waals surface area contributed by atoms with E-state index in [2.05, 4.69) is 76.8 Å². The number of aromatic nitrogens is 2. The van der Waals surface area contributed by atoms with Crippen molar-refractivity contribution in [2.45, 2.75) is 57.2 Å². The van der Waals surface area contributed by atoms with Crippen LogP contribution in [0.1, 0.15) is 40.8 Å². The Hall–Kier alpha value is -4.63. The summed E-state index contributed by atoms with van der Waals surface area (Å²) in [5.74, 6) is 0.669. The van der Waals surface area contributed by atoms with E-state index in [1.165, 1.54) is 0 Å². The third-order valence-corrected chi connectivity index (χ3v) is 9.26. The largest absolute Gasteiger partial charge is 0.374 e. The fourth-order valence-electron chi connectivity index (χ4n) is 6.50. The smallest absolute Gasteiger partial charge is 0.224 e. The third-order valence-electron chi connectivity index (χ3n) is 9.09. The molecule has 0 saturated carbocycles. The molecule has 50 heavy (non-hydrogen) atoms. The number of benzene rings is 5. The number of rotatable bonds is 14. The molecule has 7 nitrogen and oxygen atoms in total. The second-order valence-corrected chi connectivity index (χ2v) is 13.0. The zero-order chi connectivity index (χ0) is 34.2. The van der Waals surface area contributed by atoms with Crippen LogP contribution in [0.25, 0.3) is 10.9 Å². The molecule has 0 aliphatic carbocycles. The molecule has 254 valence electrons. The molecule has 1 aromatic heterocycles. The van der Waals surface area contributed by atoms with Crippen LogP contribution in [0.2, 0.25) is 5.28 Å². The maximum Gasteiger partial charge on any atom is 0.224 e. The Kier molecular flexibility index (Phi) is 10.8. The molecule has 6 aromatic rings. The van der Waals surface area contributed by atoms with Gasteiger partial charge in [-0.1, -0.05) is 127 Å². The molecular formula is C42H40ClN3O4. The van der Waals surface area contributed by atoms with Gasteiger partial charge in [0.15, 0.2) is 0 Å². The Bertz CT molecular complexity index is 1970. The van der Waals surface area contributed by atoms with Crippen LogP contribution in [0.4, 0.5) is 5.82 Å². The summed E-state index contributed by atoms with van der Waals surface area (Å²) >= 11 is 6.49. The van der Waals surface area contributed by atoms with Crippen molar-refractivity contribution in [3.63, 3.8) is 0 Å². The van der Waals surface area contributed by atoms with E-state index in [1.807, 2.05) is 84.9 Å². The first-order chi connectivity index (χ1) is 24.5. The molecule has 0 radical (unpaired) electrons. The predicted octanol–water partition coefficient (Wildman–Crippen LogP) is 9.11. The van der Waals surface area contributed by atoms with Gasteiger partial charge in [0.05, 0.1) is 31.9 Å². The van der Waals surface area contributed by atoms with E-state index < -0.39 is 23.9 Å². The molecule has 5 aromatic carbocycles. The minimum Gasteiger partial charge on any atom is -0.374 e. The van der Waals surface area contributed by atoms with Gasteiger partial charge in [0.25, 0.3) is 0 Å². The standard InChI is InChI=1S/C42H40ClN3O4/c1-42(49-28-33-20-12-5-13-21-33)38(34-22-23-35-36(24-34)45-41(43)46-40(35)44-25-30-14-6-2-7-15-30)50-37(29-47-26-31-16-8-3-9-17-31)39(42)48-27-32-18-10-4-11-19-32/h2-24,37-39H,25-29H2,1H3,(H,44,45,46)/t37-,38?,39-,42+/m1/s1. The van der Waals surface area contributed by atoms with E-state index in [1.54, 1.807) is 0 Å². The topological polar surface area (TPSA) is 74.7 Å². The monoisotopic (exact) mass is 685 g/mol. The fourth-order valence-corrected chi connectivity index (χ4v) is 6.68. The number of ether oxygens (including phenoxy) is 4. The predicted molar refractivity (Wildman–Crippen MR) is 197 cm³/mol. The second-order valence-electron chi connectivity index (χ2n) is 12.7. The minimum atomic E-state index is -0.899. The van der Waals surface area contributed by atoms with Crippen molar-refractivity contribution in [2.75, 3.05) is 11.9 Å². The molecule has 0 amide bonds. The van der Waals surface area contributed by atoms with Crippen molar-refractivity contribution in [2.24, 2.45) is 0 Å². The summed E-state index contributed by atoms with van der Waals surface area (Å²) < 4.78 is 26.9. The SMILES string of the molecule is C[C@]1(OCc2ccccc2)C(c2ccc3c(NCc4ccccc4)nc(Cl)nc3c2)O[C@H](COCc2ccccc2)[C@H]1OCc1ccccc1. The molecule has 1 aliphatic rings. The summed E-state index contributed by atoms with van der Waals surface area (Å²) in [4.78, 5) is 9.15. The molecule has 8 heteroatoms. The van der Waals surface area contributed by atoms with Gasteiger partial charge in [-0.2, -0.15) is 0 Å². The third kappa shape index (κ3) is 8.05. The zero-order valence-corrected chi connectivity index (χ0v) is 28.7. The highest BCUT2D eigenvalue weighted by Crippen LogP contribution is 2.47. The zero-order valence-electron chi connectivity index (χ0n) is 28.0. The lowest BCUT2D eigenvalue weighted by molar-refractivity contribution is -0.147. The van der Waals surface area contributed by atoms with Gasteiger partial charge in [-0.15, -0.1) is 0 Å². The Labute approximate surface area is 298 Å². The van der Waals surface area contributed by atoms with E-state index in [4.69, 9.17) is 30.5 Å². The number of anilines is 1. The summed E-state index contributed by atoms with van der Waals surface area (Å²) in [7, 11) is 0. The van der Waals surface area contributed by atoms with Crippen molar-refractivity contribution in [1.82, 2.24) is 9.97 Å². The molecule has 0 spiro atoms. The molecular weight excluding hydrogens is 646 g/mol. The first kappa shape index (κ1) is 33.8. The average Bonchev–Trinajstić information content (AvgIpc) is 3.44. The number of hydrogen-bond acceptors (Lipinski definition) is 7. The highest BCUT2D eigenvalue weighted by molar-refractivity contribution is 6.28. The average molecular weight is 686 g/mol. The maximum atomic E-state index is 6.94. The van der Waals surface area contributed by atoms with Gasteiger partial charge in [-0.25, -0.2) is 9.97 Å². The van der Waals surface area contributed by atoms with Crippen LogP contribution in [-0.2, 0) is 45.3 Å².